The van der Waals surface area contributed by atoms with Gasteiger partial charge < -0.3 is 25.0 Å². The highest BCUT2D eigenvalue weighted by molar-refractivity contribution is 5.93. The molecule has 0 saturated carbocycles. The predicted octanol–water partition coefficient (Wildman–Crippen LogP) is 5.57. The summed E-state index contributed by atoms with van der Waals surface area (Å²) in [7, 11) is 0. The first-order chi connectivity index (χ1) is 19.9. The fourth-order valence-corrected chi connectivity index (χ4v) is 4.61. The van der Waals surface area contributed by atoms with Gasteiger partial charge in [0.2, 0.25) is 11.8 Å². The van der Waals surface area contributed by atoms with E-state index in [1.807, 2.05) is 76.2 Å². The third-order valence-electron chi connectivity index (χ3n) is 6.67. The number of nitrogens with one attached hydrogen (secondary N) is 2. The Morgan fingerprint density at radius 2 is 1.49 bits per heavy atom. The molecular formula is C34H49N3O6. The van der Waals surface area contributed by atoms with Crippen molar-refractivity contribution in [3.8, 4) is 0 Å². The highest BCUT2D eigenvalue weighted by Crippen LogP contribution is 2.29. The van der Waals surface area contributed by atoms with Gasteiger partial charge in [-0.05, 0) is 85.4 Å². The minimum atomic E-state index is -1.08. The van der Waals surface area contributed by atoms with Crippen LogP contribution in [0, 0.1) is 13.8 Å². The molecule has 0 aliphatic carbocycles. The standard InChI is InChI=1S/C34H49N3O6/c1-11-24(4)37(28(38)21-35-32(41)43-34(8,9)10)29(26-18-17-22(2)19-23(26)3)30(39)36-27(31(40)42-33(5,6)7)20-25-15-13-12-14-16-25/h12-19,24,27,29H,11,20-21H2,1-10H3,(H,35,41)(H,36,39). The first-order valence-electron chi connectivity index (χ1n) is 14.8. The number of aryl methyl sites for hydroxylation is 2. The molecule has 3 atom stereocenters. The van der Waals surface area contributed by atoms with Crippen LogP contribution in [-0.2, 0) is 30.3 Å². The number of esters is 1. The molecule has 2 aromatic carbocycles. The molecule has 0 spiro atoms. The minimum Gasteiger partial charge on any atom is -0.458 e. The van der Waals surface area contributed by atoms with Gasteiger partial charge in [0.05, 0.1) is 0 Å². The van der Waals surface area contributed by atoms with E-state index in [1.165, 1.54) is 4.90 Å². The summed E-state index contributed by atoms with van der Waals surface area (Å²) in [5.41, 5.74) is 1.79. The lowest BCUT2D eigenvalue weighted by atomic mass is 9.95. The average Bonchev–Trinajstić information content (AvgIpc) is 2.88. The fourth-order valence-electron chi connectivity index (χ4n) is 4.61. The van der Waals surface area contributed by atoms with E-state index < -0.39 is 47.2 Å². The van der Waals surface area contributed by atoms with E-state index in [0.29, 0.717) is 12.0 Å². The van der Waals surface area contributed by atoms with Crippen molar-refractivity contribution in [1.29, 1.82) is 0 Å². The van der Waals surface area contributed by atoms with E-state index in [4.69, 9.17) is 9.47 Å². The molecule has 2 rings (SSSR count). The van der Waals surface area contributed by atoms with Gasteiger partial charge in [0, 0.05) is 12.5 Å². The Labute approximate surface area is 256 Å². The molecule has 3 amide bonds. The molecule has 0 aromatic heterocycles. The summed E-state index contributed by atoms with van der Waals surface area (Å²) in [5, 5.41) is 5.45. The van der Waals surface area contributed by atoms with Crippen molar-refractivity contribution in [1.82, 2.24) is 15.5 Å². The number of carbonyl (C=O) groups is 4. The topological polar surface area (TPSA) is 114 Å². The number of carbonyl (C=O) groups excluding carboxylic acids is 4. The van der Waals surface area contributed by atoms with Crippen LogP contribution in [0.25, 0.3) is 0 Å². The Morgan fingerprint density at radius 3 is 2.02 bits per heavy atom. The number of hydrogen-bond acceptors (Lipinski definition) is 6. The number of nitrogens with zero attached hydrogens (tertiary/aromatic N) is 1. The highest BCUT2D eigenvalue weighted by Gasteiger charge is 2.38. The molecule has 0 aliphatic rings. The molecule has 0 bridgehead atoms. The lowest BCUT2D eigenvalue weighted by molar-refractivity contribution is -0.159. The summed E-state index contributed by atoms with van der Waals surface area (Å²) in [6.07, 6.45) is 0.0237. The van der Waals surface area contributed by atoms with Gasteiger partial charge in [0.1, 0.15) is 29.8 Å². The van der Waals surface area contributed by atoms with Crippen molar-refractivity contribution in [3.05, 3.63) is 70.8 Å². The van der Waals surface area contributed by atoms with Crippen LogP contribution in [0.15, 0.2) is 48.5 Å². The maximum atomic E-state index is 14.3. The zero-order valence-electron chi connectivity index (χ0n) is 27.4. The summed E-state index contributed by atoms with van der Waals surface area (Å²) in [5.74, 6) is -1.56. The molecule has 3 unspecified atom stereocenters. The monoisotopic (exact) mass is 595 g/mol. The summed E-state index contributed by atoms with van der Waals surface area (Å²) < 4.78 is 11.0. The van der Waals surface area contributed by atoms with Crippen molar-refractivity contribution in [3.63, 3.8) is 0 Å². The van der Waals surface area contributed by atoms with E-state index >= 15 is 0 Å². The Bertz CT molecular complexity index is 1260. The molecule has 0 aliphatic heterocycles. The number of alkyl carbamates (subject to hydrolysis) is 1. The summed E-state index contributed by atoms with van der Waals surface area (Å²) >= 11 is 0. The molecule has 2 N–H and O–H groups in total. The van der Waals surface area contributed by atoms with E-state index in [2.05, 4.69) is 10.6 Å². The van der Waals surface area contributed by atoms with E-state index in [0.717, 1.165) is 16.7 Å². The van der Waals surface area contributed by atoms with E-state index in [-0.39, 0.29) is 19.0 Å². The van der Waals surface area contributed by atoms with Gasteiger partial charge in [-0.1, -0.05) is 61.0 Å². The number of benzene rings is 2. The van der Waals surface area contributed by atoms with Crippen LogP contribution in [0.2, 0.25) is 0 Å². The van der Waals surface area contributed by atoms with Gasteiger partial charge in [0.15, 0.2) is 0 Å². The Kier molecular flexibility index (Phi) is 12.3. The highest BCUT2D eigenvalue weighted by atomic mass is 16.6. The number of ether oxygens (including phenoxy) is 2. The molecule has 2 aromatic rings. The SMILES string of the molecule is CCC(C)N(C(=O)CNC(=O)OC(C)(C)C)C(C(=O)NC(Cc1ccccc1)C(=O)OC(C)(C)C)c1ccc(C)cc1C. The van der Waals surface area contributed by atoms with Crippen LogP contribution in [0.5, 0.6) is 0 Å². The second-order valence-corrected chi connectivity index (χ2v) is 13.0. The minimum absolute atomic E-state index is 0.207. The van der Waals surface area contributed by atoms with Crippen LogP contribution < -0.4 is 10.6 Å². The van der Waals surface area contributed by atoms with Crippen molar-refractivity contribution in [2.75, 3.05) is 6.54 Å². The normalized spacial score (nSPS) is 13.7. The summed E-state index contributed by atoms with van der Waals surface area (Å²) in [6, 6.07) is 12.6. The lowest BCUT2D eigenvalue weighted by Gasteiger charge is -2.37. The van der Waals surface area contributed by atoms with Gasteiger partial charge in [-0.2, -0.15) is 0 Å². The van der Waals surface area contributed by atoms with Crippen molar-refractivity contribution in [2.45, 2.75) is 111 Å². The third-order valence-corrected chi connectivity index (χ3v) is 6.67. The van der Waals surface area contributed by atoms with Crippen LogP contribution in [0.4, 0.5) is 4.79 Å². The van der Waals surface area contributed by atoms with Crippen LogP contribution >= 0.6 is 0 Å². The van der Waals surface area contributed by atoms with E-state index in [9.17, 15) is 19.2 Å². The molecule has 9 heteroatoms. The molecule has 9 nitrogen and oxygen atoms in total. The number of rotatable bonds is 11. The first-order valence-corrected chi connectivity index (χ1v) is 14.8. The summed E-state index contributed by atoms with van der Waals surface area (Å²) in [6.45, 7) is 17.7. The van der Waals surface area contributed by atoms with Crippen molar-refractivity contribution >= 4 is 23.9 Å². The molecule has 236 valence electrons. The maximum Gasteiger partial charge on any atom is 0.408 e. The maximum absolute atomic E-state index is 14.3. The van der Waals surface area contributed by atoms with Crippen LogP contribution in [0.1, 0.15) is 90.1 Å². The van der Waals surface area contributed by atoms with Gasteiger partial charge in [-0.15, -0.1) is 0 Å². The second-order valence-electron chi connectivity index (χ2n) is 13.0. The second kappa shape index (κ2) is 15.0. The summed E-state index contributed by atoms with van der Waals surface area (Å²) in [4.78, 5) is 55.3. The van der Waals surface area contributed by atoms with Gasteiger partial charge in [0.25, 0.3) is 0 Å². The lowest BCUT2D eigenvalue weighted by Crippen LogP contribution is -2.54. The molecule has 43 heavy (non-hydrogen) atoms. The quantitative estimate of drug-likeness (QED) is 0.329. The van der Waals surface area contributed by atoms with Crippen LogP contribution in [0.3, 0.4) is 0 Å². The Balaban J connectivity index is 2.53. The average molecular weight is 596 g/mol. The number of amides is 3. The Morgan fingerprint density at radius 1 is 0.884 bits per heavy atom. The fraction of sp³-hybridized carbons (Fsp3) is 0.529. The van der Waals surface area contributed by atoms with Crippen molar-refractivity contribution in [2.24, 2.45) is 0 Å². The first kappa shape index (κ1) is 35.3. The van der Waals surface area contributed by atoms with E-state index in [1.54, 1.807) is 41.5 Å². The van der Waals surface area contributed by atoms with Gasteiger partial charge >= 0.3 is 12.1 Å². The molecule has 0 saturated heterocycles. The molecular weight excluding hydrogens is 546 g/mol. The third kappa shape index (κ3) is 11.4. The predicted molar refractivity (Wildman–Crippen MR) is 167 cm³/mol. The van der Waals surface area contributed by atoms with Crippen LogP contribution in [-0.4, -0.2) is 58.6 Å². The zero-order valence-corrected chi connectivity index (χ0v) is 27.4. The smallest absolute Gasteiger partial charge is 0.408 e. The number of hydrogen-bond donors (Lipinski definition) is 2. The van der Waals surface area contributed by atoms with Crippen molar-refractivity contribution < 1.29 is 28.7 Å². The largest absolute Gasteiger partial charge is 0.458 e. The van der Waals surface area contributed by atoms with Gasteiger partial charge in [-0.3, -0.25) is 9.59 Å². The van der Waals surface area contributed by atoms with Gasteiger partial charge in [-0.25, -0.2) is 9.59 Å². The Hall–Kier alpha value is -3.88. The zero-order chi connectivity index (χ0) is 32.5. The molecule has 0 fully saturated rings. The molecule has 0 radical (unpaired) electrons. The molecule has 0 heterocycles.